The molecule has 1 aliphatic heterocycles. The molecule has 3 heteroatoms. The summed E-state index contributed by atoms with van der Waals surface area (Å²) >= 11 is 0. The number of rotatable bonds is 1. The second-order valence-corrected chi connectivity index (χ2v) is 3.96. The molecule has 0 aliphatic carbocycles. The minimum Gasteiger partial charge on any atom is -0.508 e. The highest BCUT2D eigenvalue weighted by atomic mass is 16.6. The van der Waals surface area contributed by atoms with Crippen molar-refractivity contribution in [1.29, 1.82) is 0 Å². The van der Waals surface area contributed by atoms with E-state index >= 15 is 0 Å². The van der Waals surface area contributed by atoms with E-state index in [2.05, 4.69) is 0 Å². The average molecular weight is 228 g/mol. The highest BCUT2D eigenvalue weighted by Crippen LogP contribution is 2.35. The fraction of sp³-hybridized carbons (Fsp3) is 0.143. The molecule has 1 N–H and O–H groups in total. The van der Waals surface area contributed by atoms with Crippen LogP contribution in [0.1, 0.15) is 11.7 Å². The molecule has 0 radical (unpaired) electrons. The van der Waals surface area contributed by atoms with Crippen molar-refractivity contribution >= 4 is 0 Å². The van der Waals surface area contributed by atoms with Gasteiger partial charge in [-0.05, 0) is 29.8 Å². The summed E-state index contributed by atoms with van der Waals surface area (Å²) in [6.45, 7) is 0.488. The summed E-state index contributed by atoms with van der Waals surface area (Å²) < 4.78 is 11.5. The topological polar surface area (TPSA) is 38.7 Å². The summed E-state index contributed by atoms with van der Waals surface area (Å²) in [5.41, 5.74) is 0.998. The number of fused-ring (bicyclic) bond motifs is 1. The van der Waals surface area contributed by atoms with E-state index < -0.39 is 0 Å². The van der Waals surface area contributed by atoms with Gasteiger partial charge in [-0.3, -0.25) is 0 Å². The number of phenols is 1. The van der Waals surface area contributed by atoms with Crippen molar-refractivity contribution in [3.8, 4) is 17.2 Å². The van der Waals surface area contributed by atoms with Gasteiger partial charge in [-0.1, -0.05) is 24.3 Å². The van der Waals surface area contributed by atoms with Gasteiger partial charge in [-0.25, -0.2) is 0 Å². The molecule has 86 valence electrons. The van der Waals surface area contributed by atoms with Crippen molar-refractivity contribution in [2.75, 3.05) is 6.61 Å². The van der Waals surface area contributed by atoms with Gasteiger partial charge in [-0.15, -0.1) is 0 Å². The Balaban J connectivity index is 1.86. The highest BCUT2D eigenvalue weighted by Gasteiger charge is 2.21. The standard InChI is InChI=1S/C14H12O3/c15-11-7-5-10(6-8-11)14-9-16-12-3-1-2-4-13(12)17-14/h1-8,14-15H,9H2. The normalized spacial score (nSPS) is 17.8. The molecule has 0 aromatic heterocycles. The largest absolute Gasteiger partial charge is 0.508 e. The molecule has 0 spiro atoms. The monoisotopic (exact) mass is 228 g/mol. The molecular weight excluding hydrogens is 216 g/mol. The fourth-order valence-corrected chi connectivity index (χ4v) is 1.87. The Labute approximate surface area is 99.2 Å². The molecule has 1 unspecified atom stereocenters. The Morgan fingerprint density at radius 2 is 1.65 bits per heavy atom. The third-order valence-electron chi connectivity index (χ3n) is 2.77. The summed E-state index contributed by atoms with van der Waals surface area (Å²) in [5, 5.41) is 9.24. The van der Waals surface area contributed by atoms with Gasteiger partial charge in [0.25, 0.3) is 0 Å². The molecule has 17 heavy (non-hydrogen) atoms. The Bertz CT molecular complexity index is 519. The zero-order chi connectivity index (χ0) is 11.7. The molecule has 0 bridgehead atoms. The first-order valence-corrected chi connectivity index (χ1v) is 5.50. The van der Waals surface area contributed by atoms with Gasteiger partial charge in [0.05, 0.1) is 0 Å². The Kier molecular flexibility index (Phi) is 2.37. The van der Waals surface area contributed by atoms with E-state index in [0.717, 1.165) is 17.1 Å². The van der Waals surface area contributed by atoms with E-state index in [1.165, 1.54) is 0 Å². The van der Waals surface area contributed by atoms with Crippen LogP contribution in [0.4, 0.5) is 0 Å². The van der Waals surface area contributed by atoms with E-state index in [-0.39, 0.29) is 11.9 Å². The van der Waals surface area contributed by atoms with Gasteiger partial charge in [0.2, 0.25) is 0 Å². The van der Waals surface area contributed by atoms with Crippen LogP contribution >= 0.6 is 0 Å². The van der Waals surface area contributed by atoms with Crippen molar-refractivity contribution in [2.45, 2.75) is 6.10 Å². The van der Waals surface area contributed by atoms with E-state index in [9.17, 15) is 5.11 Å². The van der Waals surface area contributed by atoms with Crippen molar-refractivity contribution < 1.29 is 14.6 Å². The molecule has 1 atom stereocenters. The third-order valence-corrected chi connectivity index (χ3v) is 2.77. The molecule has 3 rings (SSSR count). The Morgan fingerprint density at radius 1 is 0.941 bits per heavy atom. The molecule has 1 aliphatic rings. The SMILES string of the molecule is Oc1ccc(C2COc3ccccc3O2)cc1. The number of hydrogen-bond donors (Lipinski definition) is 1. The van der Waals surface area contributed by atoms with Crippen molar-refractivity contribution in [2.24, 2.45) is 0 Å². The maximum atomic E-state index is 9.24. The number of aromatic hydroxyl groups is 1. The molecule has 2 aromatic carbocycles. The summed E-state index contributed by atoms with van der Waals surface area (Å²) in [6, 6.07) is 14.6. The van der Waals surface area contributed by atoms with Crippen LogP contribution in [-0.4, -0.2) is 11.7 Å². The van der Waals surface area contributed by atoms with Crippen LogP contribution in [-0.2, 0) is 0 Å². The first-order chi connectivity index (χ1) is 8.33. The molecular formula is C14H12O3. The lowest BCUT2D eigenvalue weighted by molar-refractivity contribution is 0.0912. The molecule has 0 saturated carbocycles. The maximum Gasteiger partial charge on any atom is 0.162 e. The van der Waals surface area contributed by atoms with Crippen LogP contribution in [0.25, 0.3) is 0 Å². The van der Waals surface area contributed by atoms with Gasteiger partial charge < -0.3 is 14.6 Å². The lowest BCUT2D eigenvalue weighted by atomic mass is 10.1. The Hall–Kier alpha value is -2.16. The molecule has 3 nitrogen and oxygen atoms in total. The second-order valence-electron chi connectivity index (χ2n) is 3.96. The van der Waals surface area contributed by atoms with E-state index in [1.807, 2.05) is 36.4 Å². The van der Waals surface area contributed by atoms with E-state index in [4.69, 9.17) is 9.47 Å². The first kappa shape index (κ1) is 10.0. The maximum absolute atomic E-state index is 9.24. The van der Waals surface area contributed by atoms with Gasteiger partial charge >= 0.3 is 0 Å². The van der Waals surface area contributed by atoms with Crippen LogP contribution in [0.3, 0.4) is 0 Å². The van der Waals surface area contributed by atoms with Crippen LogP contribution in [0, 0.1) is 0 Å². The first-order valence-electron chi connectivity index (χ1n) is 5.50. The van der Waals surface area contributed by atoms with Gasteiger partial charge in [0, 0.05) is 0 Å². The predicted octanol–water partition coefficient (Wildman–Crippen LogP) is 2.90. The summed E-state index contributed by atoms with van der Waals surface area (Å²) in [4.78, 5) is 0. The quantitative estimate of drug-likeness (QED) is 0.815. The Morgan fingerprint density at radius 3 is 2.41 bits per heavy atom. The summed E-state index contributed by atoms with van der Waals surface area (Å²) in [6.07, 6.45) is -0.120. The zero-order valence-electron chi connectivity index (χ0n) is 9.17. The zero-order valence-corrected chi connectivity index (χ0v) is 9.17. The summed E-state index contributed by atoms with van der Waals surface area (Å²) in [5.74, 6) is 1.80. The van der Waals surface area contributed by atoms with Crippen LogP contribution < -0.4 is 9.47 Å². The number of ether oxygens (including phenoxy) is 2. The molecule has 0 fully saturated rings. The van der Waals surface area contributed by atoms with Crippen molar-refractivity contribution in [3.05, 3.63) is 54.1 Å². The number of para-hydroxylation sites is 2. The van der Waals surface area contributed by atoms with Crippen LogP contribution in [0.5, 0.6) is 17.2 Å². The van der Waals surface area contributed by atoms with Gasteiger partial charge in [-0.2, -0.15) is 0 Å². The van der Waals surface area contributed by atoms with Crippen LogP contribution in [0.15, 0.2) is 48.5 Å². The third kappa shape index (κ3) is 1.91. The fourth-order valence-electron chi connectivity index (χ4n) is 1.87. The molecule has 0 amide bonds. The van der Waals surface area contributed by atoms with Gasteiger partial charge in [0.1, 0.15) is 12.4 Å². The lowest BCUT2D eigenvalue weighted by Gasteiger charge is -2.26. The predicted molar refractivity (Wildman–Crippen MR) is 63.4 cm³/mol. The lowest BCUT2D eigenvalue weighted by Crippen LogP contribution is -2.21. The smallest absolute Gasteiger partial charge is 0.162 e. The highest BCUT2D eigenvalue weighted by molar-refractivity contribution is 5.41. The number of hydrogen-bond acceptors (Lipinski definition) is 3. The minimum absolute atomic E-state index is 0.120. The molecule has 1 heterocycles. The second kappa shape index (κ2) is 4.01. The van der Waals surface area contributed by atoms with E-state index in [0.29, 0.717) is 6.61 Å². The van der Waals surface area contributed by atoms with Crippen LogP contribution in [0.2, 0.25) is 0 Å². The van der Waals surface area contributed by atoms with Crippen molar-refractivity contribution in [3.63, 3.8) is 0 Å². The molecule has 0 saturated heterocycles. The van der Waals surface area contributed by atoms with Gasteiger partial charge in [0.15, 0.2) is 17.6 Å². The average Bonchev–Trinajstić information content (AvgIpc) is 2.39. The number of benzene rings is 2. The summed E-state index contributed by atoms with van der Waals surface area (Å²) in [7, 11) is 0. The van der Waals surface area contributed by atoms with Crippen molar-refractivity contribution in [1.82, 2.24) is 0 Å². The molecule has 2 aromatic rings. The minimum atomic E-state index is -0.120. The number of phenolic OH excluding ortho intramolecular Hbond substituents is 1. The van der Waals surface area contributed by atoms with E-state index in [1.54, 1.807) is 12.1 Å².